The van der Waals surface area contributed by atoms with Gasteiger partial charge in [0.15, 0.2) is 11.6 Å². The molecule has 2 aromatic rings. The van der Waals surface area contributed by atoms with Crippen LogP contribution in [0.15, 0.2) is 12.1 Å². The van der Waals surface area contributed by atoms with E-state index in [1.165, 1.54) is 12.1 Å². The minimum Gasteiger partial charge on any atom is -0.294 e. The van der Waals surface area contributed by atoms with Gasteiger partial charge in [-0.2, -0.15) is 0 Å². The van der Waals surface area contributed by atoms with E-state index in [-0.39, 0.29) is 24.4 Å². The van der Waals surface area contributed by atoms with Crippen LogP contribution in [0.1, 0.15) is 33.6 Å². The molecule has 0 fully saturated rings. The second-order valence-corrected chi connectivity index (χ2v) is 8.39. The van der Waals surface area contributed by atoms with Gasteiger partial charge in [0.1, 0.15) is 8.67 Å². The topological polar surface area (TPSA) is 34.1 Å². The molecule has 2 heterocycles. The lowest BCUT2D eigenvalue weighted by Gasteiger charge is -1.99. The molecule has 0 saturated carbocycles. The van der Waals surface area contributed by atoms with E-state index in [4.69, 9.17) is 46.4 Å². The molecule has 0 spiro atoms. The summed E-state index contributed by atoms with van der Waals surface area (Å²) in [6, 6.07) is 3.02. The molecule has 8 heteroatoms. The lowest BCUT2D eigenvalue weighted by Crippen LogP contribution is -2.04. The Balaban J connectivity index is 2.02. The molecule has 0 N–H and O–H groups in total. The maximum absolute atomic E-state index is 12.0. The van der Waals surface area contributed by atoms with Crippen molar-refractivity contribution in [2.75, 3.05) is 0 Å². The molecule has 0 amide bonds. The Bertz CT molecular complexity index is 617. The number of rotatable bonds is 5. The van der Waals surface area contributed by atoms with E-state index in [0.29, 0.717) is 28.5 Å². The highest BCUT2D eigenvalue weighted by Gasteiger charge is 2.18. The molecule has 20 heavy (non-hydrogen) atoms. The Kier molecular flexibility index (Phi) is 5.51. The first-order chi connectivity index (χ1) is 9.38. The Morgan fingerprint density at radius 1 is 0.800 bits per heavy atom. The zero-order valence-corrected chi connectivity index (χ0v) is 14.4. The number of carbonyl (C=O) groups excluding carboxylic acids is 2. The summed E-state index contributed by atoms with van der Waals surface area (Å²) < 4.78 is 1.56. The van der Waals surface area contributed by atoms with Crippen molar-refractivity contribution in [1.29, 1.82) is 0 Å². The predicted octanol–water partition coefficient (Wildman–Crippen LogP) is 6.27. The summed E-state index contributed by atoms with van der Waals surface area (Å²) in [5.74, 6) is -0.437. The van der Waals surface area contributed by atoms with Crippen molar-refractivity contribution in [3.05, 3.63) is 40.6 Å². The molecule has 106 valence electrons. The summed E-state index contributed by atoms with van der Waals surface area (Å²) in [6.07, 6.45) is 0.102. The van der Waals surface area contributed by atoms with Gasteiger partial charge in [0.25, 0.3) is 0 Å². The third kappa shape index (κ3) is 3.75. The molecule has 0 unspecified atom stereocenters. The monoisotopic (exact) mass is 386 g/mol. The lowest BCUT2D eigenvalue weighted by atomic mass is 10.1. The van der Waals surface area contributed by atoms with Gasteiger partial charge in [-0.05, 0) is 12.1 Å². The summed E-state index contributed by atoms with van der Waals surface area (Å²) in [5.41, 5.74) is 0.702. The van der Waals surface area contributed by atoms with E-state index in [9.17, 15) is 9.59 Å². The lowest BCUT2D eigenvalue weighted by molar-refractivity contribution is 0.0918. The molecular weight excluding hydrogens is 382 g/mol. The van der Waals surface area contributed by atoms with Crippen molar-refractivity contribution in [2.45, 2.75) is 12.8 Å². The molecule has 0 aromatic carbocycles. The summed E-state index contributed by atoms with van der Waals surface area (Å²) in [6.45, 7) is 0. The van der Waals surface area contributed by atoms with Crippen molar-refractivity contribution in [2.24, 2.45) is 0 Å². The minimum atomic E-state index is -0.219. The number of hydrogen-bond acceptors (Lipinski definition) is 4. The third-order valence-corrected chi connectivity index (χ3v) is 5.47. The van der Waals surface area contributed by atoms with Crippen molar-refractivity contribution in [3.63, 3.8) is 0 Å². The van der Waals surface area contributed by atoms with Crippen LogP contribution in [0.4, 0.5) is 0 Å². The van der Waals surface area contributed by atoms with Crippen LogP contribution in [0, 0.1) is 0 Å². The van der Waals surface area contributed by atoms with E-state index < -0.39 is 0 Å². The average molecular weight is 388 g/mol. The molecular formula is C12H6Cl4O2S2. The van der Waals surface area contributed by atoms with Gasteiger partial charge in [-0.3, -0.25) is 9.59 Å². The Morgan fingerprint density at radius 2 is 1.15 bits per heavy atom. The molecule has 0 aliphatic rings. The van der Waals surface area contributed by atoms with Gasteiger partial charge >= 0.3 is 0 Å². The van der Waals surface area contributed by atoms with E-state index >= 15 is 0 Å². The van der Waals surface area contributed by atoms with Gasteiger partial charge < -0.3 is 0 Å². The van der Waals surface area contributed by atoms with Gasteiger partial charge in [-0.25, -0.2) is 0 Å². The number of thiophene rings is 2. The van der Waals surface area contributed by atoms with Crippen LogP contribution in [0.2, 0.25) is 17.3 Å². The molecule has 2 nitrogen and oxygen atoms in total. The fraction of sp³-hybridized carbons (Fsp3) is 0.167. The van der Waals surface area contributed by atoms with E-state index in [2.05, 4.69) is 0 Å². The third-order valence-electron chi connectivity index (χ3n) is 2.49. The maximum Gasteiger partial charge on any atom is 0.165 e. The first kappa shape index (κ1) is 16.3. The number of halogens is 4. The molecule has 0 aliphatic heterocycles. The molecule has 0 bridgehead atoms. The van der Waals surface area contributed by atoms with Crippen LogP contribution in [-0.4, -0.2) is 11.6 Å². The molecule has 0 aliphatic carbocycles. The maximum atomic E-state index is 12.0. The van der Waals surface area contributed by atoms with Crippen LogP contribution < -0.4 is 0 Å². The summed E-state index contributed by atoms with van der Waals surface area (Å²) in [4.78, 5) is 23.9. The normalized spacial score (nSPS) is 10.8. The highest BCUT2D eigenvalue weighted by Crippen LogP contribution is 2.34. The Morgan fingerprint density at radius 3 is 1.40 bits per heavy atom. The number of Topliss-reactive ketones (excluding diaryl/α,β-unsaturated/α-hetero) is 2. The highest BCUT2D eigenvalue weighted by molar-refractivity contribution is 7.20. The molecule has 0 saturated heterocycles. The Labute approximate surface area is 143 Å². The average Bonchev–Trinajstić information content (AvgIpc) is 2.88. The van der Waals surface area contributed by atoms with Crippen LogP contribution in [0.5, 0.6) is 0 Å². The summed E-state index contributed by atoms with van der Waals surface area (Å²) in [7, 11) is 0. The van der Waals surface area contributed by atoms with Gasteiger partial charge in [0.2, 0.25) is 0 Å². The van der Waals surface area contributed by atoms with Crippen LogP contribution in [0.25, 0.3) is 0 Å². The smallest absolute Gasteiger partial charge is 0.165 e. The van der Waals surface area contributed by atoms with Crippen molar-refractivity contribution in [3.8, 4) is 0 Å². The number of ketones is 2. The standard InChI is InChI=1S/C12H6Cl4O2S2/c13-9-3-5(11(15)19-9)7(17)1-2-8(18)6-4-10(14)20-12(6)16/h3-4H,1-2H2. The number of hydrogen-bond donors (Lipinski definition) is 0. The number of carbonyl (C=O) groups is 2. The molecule has 0 radical (unpaired) electrons. The zero-order valence-electron chi connectivity index (χ0n) is 9.71. The van der Waals surface area contributed by atoms with Crippen LogP contribution in [-0.2, 0) is 0 Å². The fourth-order valence-corrected chi connectivity index (χ4v) is 4.56. The van der Waals surface area contributed by atoms with Gasteiger partial charge in [-0.15, -0.1) is 22.7 Å². The minimum absolute atomic E-state index is 0.0510. The van der Waals surface area contributed by atoms with Gasteiger partial charge in [-0.1, -0.05) is 46.4 Å². The SMILES string of the molecule is O=C(CCC(=O)c1cc(Cl)sc1Cl)c1cc(Cl)sc1Cl. The summed E-state index contributed by atoms with van der Waals surface area (Å²) in [5, 5.41) is 0. The van der Waals surface area contributed by atoms with E-state index in [0.717, 1.165) is 22.7 Å². The molecule has 0 atom stereocenters. The first-order valence-electron chi connectivity index (χ1n) is 5.34. The fourth-order valence-electron chi connectivity index (χ4n) is 1.56. The van der Waals surface area contributed by atoms with Crippen molar-refractivity contribution < 1.29 is 9.59 Å². The van der Waals surface area contributed by atoms with Crippen LogP contribution >= 0.6 is 69.1 Å². The van der Waals surface area contributed by atoms with Crippen LogP contribution in [0.3, 0.4) is 0 Å². The molecule has 2 aromatic heterocycles. The quantitative estimate of drug-likeness (QED) is 0.566. The zero-order chi connectivity index (χ0) is 14.9. The van der Waals surface area contributed by atoms with Gasteiger partial charge in [0, 0.05) is 24.0 Å². The van der Waals surface area contributed by atoms with Gasteiger partial charge in [0.05, 0.1) is 8.67 Å². The largest absolute Gasteiger partial charge is 0.294 e. The second kappa shape index (κ2) is 6.77. The second-order valence-electron chi connectivity index (χ2n) is 3.82. The Hall–Kier alpha value is -0.100. The first-order valence-corrected chi connectivity index (χ1v) is 8.49. The predicted molar refractivity (Wildman–Crippen MR) is 86.6 cm³/mol. The van der Waals surface area contributed by atoms with E-state index in [1.807, 2.05) is 0 Å². The highest BCUT2D eigenvalue weighted by atomic mass is 35.5. The van der Waals surface area contributed by atoms with Crippen molar-refractivity contribution in [1.82, 2.24) is 0 Å². The molecule has 2 rings (SSSR count). The summed E-state index contributed by atoms with van der Waals surface area (Å²) >= 11 is 25.6. The van der Waals surface area contributed by atoms with E-state index in [1.54, 1.807) is 0 Å². The van der Waals surface area contributed by atoms with Crippen molar-refractivity contribution >= 4 is 80.6 Å².